The molecule has 1 rings (SSSR count). The van der Waals surface area contributed by atoms with Crippen molar-refractivity contribution < 1.29 is 4.79 Å². The summed E-state index contributed by atoms with van der Waals surface area (Å²) in [5, 5.41) is 12.4. The smallest absolute Gasteiger partial charge is 0.221 e. The Hall–Kier alpha value is -1.34. The Morgan fingerprint density at radius 2 is 2.27 bits per heavy atom. The Bertz CT molecular complexity index is 435. The summed E-state index contributed by atoms with van der Waals surface area (Å²) in [6.07, 6.45) is 0. The van der Waals surface area contributed by atoms with Crippen LogP contribution in [0.5, 0.6) is 0 Å². The molecule has 0 unspecified atom stereocenters. The normalized spacial score (nSPS) is 9.47. The maximum atomic E-state index is 10.9. The first-order chi connectivity index (χ1) is 7.10. The molecule has 0 fully saturated rings. The Labute approximate surface area is 97.2 Å². The van der Waals surface area contributed by atoms with Crippen molar-refractivity contribution in [3.63, 3.8) is 0 Å². The number of halogens is 1. The lowest BCUT2D eigenvalue weighted by atomic mass is 10.0. The molecular formula is C11H11BrN2O. The largest absolute Gasteiger partial charge is 0.325 e. The predicted molar refractivity (Wildman–Crippen MR) is 62.8 cm³/mol. The average molecular weight is 267 g/mol. The van der Waals surface area contributed by atoms with E-state index in [-0.39, 0.29) is 5.91 Å². The van der Waals surface area contributed by atoms with Crippen LogP contribution in [0.2, 0.25) is 0 Å². The maximum Gasteiger partial charge on any atom is 0.221 e. The van der Waals surface area contributed by atoms with E-state index in [0.29, 0.717) is 16.6 Å². The lowest BCUT2D eigenvalue weighted by Crippen LogP contribution is -2.08. The molecule has 1 aromatic rings. The first kappa shape index (κ1) is 11.7. The number of rotatable bonds is 2. The topological polar surface area (TPSA) is 52.9 Å². The molecule has 0 atom stereocenters. The minimum Gasteiger partial charge on any atom is -0.325 e. The second kappa shape index (κ2) is 4.94. The van der Waals surface area contributed by atoms with E-state index in [4.69, 9.17) is 5.26 Å². The van der Waals surface area contributed by atoms with E-state index in [2.05, 4.69) is 27.3 Å². The molecule has 0 bridgehead atoms. The molecule has 1 aromatic carbocycles. The van der Waals surface area contributed by atoms with Gasteiger partial charge in [0.1, 0.15) is 6.07 Å². The van der Waals surface area contributed by atoms with Crippen molar-refractivity contribution >= 4 is 27.5 Å². The third-order valence-electron chi connectivity index (χ3n) is 2.14. The molecule has 15 heavy (non-hydrogen) atoms. The molecule has 0 saturated carbocycles. The molecule has 0 aliphatic heterocycles. The summed E-state index contributed by atoms with van der Waals surface area (Å²) in [6.45, 7) is 3.30. The molecule has 0 aromatic heterocycles. The summed E-state index contributed by atoms with van der Waals surface area (Å²) >= 11 is 3.35. The SMILES string of the molecule is CC(=O)Nc1ccc(CBr)c(C)c1C#N. The highest BCUT2D eigenvalue weighted by Crippen LogP contribution is 2.23. The van der Waals surface area contributed by atoms with Gasteiger partial charge in [-0.2, -0.15) is 5.26 Å². The molecule has 1 amide bonds. The number of nitrogens with zero attached hydrogens (tertiary/aromatic N) is 1. The third kappa shape index (κ3) is 2.57. The molecule has 1 N–H and O–H groups in total. The van der Waals surface area contributed by atoms with E-state index < -0.39 is 0 Å². The molecule has 0 aliphatic rings. The Balaban J connectivity index is 3.26. The van der Waals surface area contributed by atoms with Crippen LogP contribution in [0.25, 0.3) is 0 Å². The number of nitrogens with one attached hydrogen (secondary N) is 1. The zero-order chi connectivity index (χ0) is 11.4. The number of hydrogen-bond donors (Lipinski definition) is 1. The van der Waals surface area contributed by atoms with Crippen LogP contribution < -0.4 is 5.32 Å². The fourth-order valence-corrected chi connectivity index (χ4v) is 1.94. The number of nitriles is 1. The van der Waals surface area contributed by atoms with Gasteiger partial charge in [0, 0.05) is 12.3 Å². The first-order valence-corrected chi connectivity index (χ1v) is 5.58. The van der Waals surface area contributed by atoms with Gasteiger partial charge in [0.05, 0.1) is 11.3 Å². The highest BCUT2D eigenvalue weighted by atomic mass is 79.9. The van der Waals surface area contributed by atoms with Gasteiger partial charge in [-0.15, -0.1) is 0 Å². The monoisotopic (exact) mass is 266 g/mol. The average Bonchev–Trinajstić information content (AvgIpc) is 2.18. The van der Waals surface area contributed by atoms with Gasteiger partial charge in [0.25, 0.3) is 0 Å². The summed E-state index contributed by atoms with van der Waals surface area (Å²) in [5.74, 6) is -0.169. The summed E-state index contributed by atoms with van der Waals surface area (Å²) < 4.78 is 0. The molecule has 3 nitrogen and oxygen atoms in total. The lowest BCUT2D eigenvalue weighted by molar-refractivity contribution is -0.114. The van der Waals surface area contributed by atoms with Gasteiger partial charge in [0.15, 0.2) is 0 Å². The fraction of sp³-hybridized carbons (Fsp3) is 0.273. The van der Waals surface area contributed by atoms with Crippen LogP contribution in [0, 0.1) is 18.3 Å². The second-order valence-electron chi connectivity index (χ2n) is 3.20. The summed E-state index contributed by atoms with van der Waals surface area (Å²) in [4.78, 5) is 10.9. The van der Waals surface area contributed by atoms with E-state index in [9.17, 15) is 4.79 Å². The van der Waals surface area contributed by atoms with E-state index >= 15 is 0 Å². The van der Waals surface area contributed by atoms with Crippen molar-refractivity contribution in [3.05, 3.63) is 28.8 Å². The van der Waals surface area contributed by atoms with Crippen LogP contribution >= 0.6 is 15.9 Å². The molecular weight excluding hydrogens is 256 g/mol. The van der Waals surface area contributed by atoms with Gasteiger partial charge >= 0.3 is 0 Å². The molecule has 0 saturated heterocycles. The van der Waals surface area contributed by atoms with Crippen molar-refractivity contribution in [3.8, 4) is 6.07 Å². The number of hydrogen-bond acceptors (Lipinski definition) is 2. The van der Waals surface area contributed by atoms with Gasteiger partial charge < -0.3 is 5.32 Å². The Kier molecular flexibility index (Phi) is 3.87. The van der Waals surface area contributed by atoms with Gasteiger partial charge in [-0.25, -0.2) is 0 Å². The minimum atomic E-state index is -0.169. The van der Waals surface area contributed by atoms with Crippen molar-refractivity contribution in [1.82, 2.24) is 0 Å². The van der Waals surface area contributed by atoms with Crippen LogP contribution in [0.3, 0.4) is 0 Å². The zero-order valence-corrected chi connectivity index (χ0v) is 10.2. The number of anilines is 1. The number of amides is 1. The lowest BCUT2D eigenvalue weighted by Gasteiger charge is -2.10. The van der Waals surface area contributed by atoms with Crippen molar-refractivity contribution in [2.75, 3.05) is 5.32 Å². The van der Waals surface area contributed by atoms with Gasteiger partial charge in [-0.05, 0) is 24.1 Å². The standard InChI is InChI=1S/C11H11BrN2O/c1-7-9(5-12)3-4-11(10(7)6-13)14-8(2)15/h3-4H,5H2,1-2H3,(H,14,15). The Morgan fingerprint density at radius 3 is 2.73 bits per heavy atom. The van der Waals surface area contributed by atoms with E-state index in [1.165, 1.54) is 6.92 Å². The highest BCUT2D eigenvalue weighted by molar-refractivity contribution is 9.08. The summed E-state index contributed by atoms with van der Waals surface area (Å²) in [7, 11) is 0. The van der Waals surface area contributed by atoms with Gasteiger partial charge in [-0.1, -0.05) is 22.0 Å². The molecule has 0 radical (unpaired) electrons. The number of alkyl halides is 1. The Morgan fingerprint density at radius 1 is 1.60 bits per heavy atom. The van der Waals surface area contributed by atoms with E-state index in [1.807, 2.05) is 13.0 Å². The highest BCUT2D eigenvalue weighted by Gasteiger charge is 2.09. The van der Waals surface area contributed by atoms with Crippen molar-refractivity contribution in [2.24, 2.45) is 0 Å². The van der Waals surface area contributed by atoms with Crippen LogP contribution in [0.1, 0.15) is 23.6 Å². The molecule has 0 spiro atoms. The van der Waals surface area contributed by atoms with Crippen LogP contribution in [0.4, 0.5) is 5.69 Å². The fourth-order valence-electron chi connectivity index (χ4n) is 1.34. The number of carbonyl (C=O) groups excluding carboxylic acids is 1. The summed E-state index contributed by atoms with van der Waals surface area (Å²) in [6, 6.07) is 5.76. The first-order valence-electron chi connectivity index (χ1n) is 4.46. The molecule has 78 valence electrons. The molecule has 4 heteroatoms. The quantitative estimate of drug-likeness (QED) is 0.837. The third-order valence-corrected chi connectivity index (χ3v) is 2.75. The second-order valence-corrected chi connectivity index (χ2v) is 3.76. The van der Waals surface area contributed by atoms with Crippen LogP contribution in [-0.2, 0) is 10.1 Å². The number of benzene rings is 1. The van der Waals surface area contributed by atoms with Gasteiger partial charge in [0.2, 0.25) is 5.91 Å². The molecule has 0 aliphatic carbocycles. The predicted octanol–water partition coefficient (Wildman–Crippen LogP) is 2.72. The van der Waals surface area contributed by atoms with E-state index in [1.54, 1.807) is 6.07 Å². The maximum absolute atomic E-state index is 10.9. The zero-order valence-electron chi connectivity index (χ0n) is 8.60. The number of carbonyl (C=O) groups is 1. The van der Waals surface area contributed by atoms with Crippen LogP contribution in [-0.4, -0.2) is 5.91 Å². The van der Waals surface area contributed by atoms with E-state index in [0.717, 1.165) is 11.1 Å². The minimum absolute atomic E-state index is 0.169. The molecule has 0 heterocycles. The summed E-state index contributed by atoms with van der Waals surface area (Å²) in [5.41, 5.74) is 3.07. The van der Waals surface area contributed by atoms with Gasteiger partial charge in [-0.3, -0.25) is 4.79 Å². The van der Waals surface area contributed by atoms with Crippen molar-refractivity contribution in [2.45, 2.75) is 19.2 Å². The van der Waals surface area contributed by atoms with Crippen molar-refractivity contribution in [1.29, 1.82) is 5.26 Å². The van der Waals surface area contributed by atoms with Crippen LogP contribution in [0.15, 0.2) is 12.1 Å².